The number of nitrogens with zero attached hydrogens (tertiary/aromatic N) is 3. The van der Waals surface area contributed by atoms with Crippen LogP contribution in [0, 0.1) is 25.5 Å². The number of hydrogen-bond acceptors (Lipinski definition) is 4. The number of benzene rings is 2. The molecule has 0 fully saturated rings. The molecule has 0 spiro atoms. The molecule has 0 amide bonds. The number of rotatable bonds is 3. The topological polar surface area (TPSA) is 78.8 Å². The number of nitrogens with one attached hydrogen (secondary N) is 2. The molecular formula is C23H23F2N5O. The summed E-state index contributed by atoms with van der Waals surface area (Å²) in [7, 11) is 0. The van der Waals surface area contributed by atoms with Crippen LogP contribution >= 0.6 is 0 Å². The maximum atomic E-state index is 16.1. The lowest BCUT2D eigenvalue weighted by Gasteiger charge is -2.35. The Kier molecular flexibility index (Phi) is 4.20. The SMILES string of the molecule is Cc1cc(-c2cc(F)cc3c(CCO)c[nH]c23)c(F)c2c1NC(C)(C)c1nnc(C)n1-2. The molecule has 31 heavy (non-hydrogen) atoms. The van der Waals surface area contributed by atoms with Gasteiger partial charge < -0.3 is 15.4 Å². The third-order valence-electron chi connectivity index (χ3n) is 5.99. The van der Waals surface area contributed by atoms with Gasteiger partial charge in [-0.1, -0.05) is 0 Å². The lowest BCUT2D eigenvalue weighted by molar-refractivity contribution is 0.300. The van der Waals surface area contributed by atoms with E-state index in [-0.39, 0.29) is 6.61 Å². The second kappa shape index (κ2) is 6.62. The van der Waals surface area contributed by atoms with Crippen LogP contribution in [0.5, 0.6) is 0 Å². The number of anilines is 1. The van der Waals surface area contributed by atoms with Gasteiger partial charge in [0.25, 0.3) is 0 Å². The molecule has 8 heteroatoms. The van der Waals surface area contributed by atoms with Gasteiger partial charge in [0.15, 0.2) is 11.6 Å². The fourth-order valence-corrected chi connectivity index (χ4v) is 4.54. The summed E-state index contributed by atoms with van der Waals surface area (Å²) < 4.78 is 32.4. The molecule has 3 N–H and O–H groups in total. The molecule has 0 bridgehead atoms. The van der Waals surface area contributed by atoms with Crippen LogP contribution in [0.1, 0.15) is 36.6 Å². The van der Waals surface area contributed by atoms with Crippen LogP contribution in [-0.2, 0) is 12.0 Å². The highest BCUT2D eigenvalue weighted by molar-refractivity contribution is 5.97. The number of aliphatic hydroxyl groups excluding tert-OH is 1. The highest BCUT2D eigenvalue weighted by Gasteiger charge is 2.37. The Morgan fingerprint density at radius 2 is 1.87 bits per heavy atom. The molecule has 1 aliphatic heterocycles. The monoisotopic (exact) mass is 423 g/mol. The minimum absolute atomic E-state index is 0.0533. The summed E-state index contributed by atoms with van der Waals surface area (Å²) in [5.41, 5.74) is 3.45. The van der Waals surface area contributed by atoms with Crippen molar-refractivity contribution in [2.75, 3.05) is 11.9 Å². The zero-order valence-electron chi connectivity index (χ0n) is 17.8. The van der Waals surface area contributed by atoms with E-state index in [0.29, 0.717) is 51.5 Å². The Hall–Kier alpha value is -3.26. The average molecular weight is 423 g/mol. The van der Waals surface area contributed by atoms with Crippen molar-refractivity contribution < 1.29 is 13.9 Å². The predicted octanol–water partition coefficient (Wildman–Crippen LogP) is 4.51. The van der Waals surface area contributed by atoms with Gasteiger partial charge in [-0.05, 0) is 63.4 Å². The molecule has 5 rings (SSSR count). The lowest BCUT2D eigenvalue weighted by atomic mass is 9.93. The van der Waals surface area contributed by atoms with Crippen LogP contribution in [0.25, 0.3) is 27.7 Å². The van der Waals surface area contributed by atoms with Crippen LogP contribution in [0.2, 0.25) is 0 Å². The van der Waals surface area contributed by atoms with E-state index in [4.69, 9.17) is 0 Å². The maximum Gasteiger partial charge on any atom is 0.162 e. The van der Waals surface area contributed by atoms with Crippen molar-refractivity contribution in [3.8, 4) is 16.8 Å². The van der Waals surface area contributed by atoms with Crippen molar-refractivity contribution in [3.05, 3.63) is 58.8 Å². The van der Waals surface area contributed by atoms with E-state index in [0.717, 1.165) is 11.1 Å². The summed E-state index contributed by atoms with van der Waals surface area (Å²) in [5, 5.41) is 21.8. The summed E-state index contributed by atoms with van der Waals surface area (Å²) in [5.74, 6) is 0.257. The zero-order valence-corrected chi connectivity index (χ0v) is 17.8. The Bertz CT molecular complexity index is 1350. The molecule has 160 valence electrons. The Balaban J connectivity index is 1.82. The van der Waals surface area contributed by atoms with Gasteiger partial charge in [0, 0.05) is 29.3 Å². The molecule has 0 aliphatic carbocycles. The molecule has 0 saturated carbocycles. The number of halogens is 2. The van der Waals surface area contributed by atoms with Crippen molar-refractivity contribution in [3.63, 3.8) is 0 Å². The average Bonchev–Trinajstić information content (AvgIpc) is 3.29. The minimum Gasteiger partial charge on any atom is -0.396 e. The molecule has 0 saturated heterocycles. The molecule has 4 aromatic rings. The third-order valence-corrected chi connectivity index (χ3v) is 5.99. The Labute approximate surface area is 177 Å². The minimum atomic E-state index is -0.530. The maximum absolute atomic E-state index is 16.1. The molecule has 3 heterocycles. The van der Waals surface area contributed by atoms with Gasteiger partial charge in [0.1, 0.15) is 17.3 Å². The summed E-state index contributed by atoms with van der Waals surface area (Å²) in [6.07, 6.45) is 2.12. The van der Waals surface area contributed by atoms with E-state index < -0.39 is 17.2 Å². The fourth-order valence-electron chi connectivity index (χ4n) is 4.54. The normalized spacial score (nSPS) is 14.4. The van der Waals surface area contributed by atoms with Gasteiger partial charge in [0.2, 0.25) is 0 Å². The Morgan fingerprint density at radius 3 is 2.61 bits per heavy atom. The summed E-state index contributed by atoms with van der Waals surface area (Å²) in [4.78, 5) is 3.14. The first-order valence-electron chi connectivity index (χ1n) is 10.2. The van der Waals surface area contributed by atoms with Crippen LogP contribution in [0.4, 0.5) is 14.5 Å². The molecular weight excluding hydrogens is 400 g/mol. The van der Waals surface area contributed by atoms with Gasteiger partial charge in [0.05, 0.1) is 16.7 Å². The summed E-state index contributed by atoms with van der Waals surface area (Å²) in [6, 6.07) is 4.49. The van der Waals surface area contributed by atoms with Crippen LogP contribution in [0.15, 0.2) is 24.4 Å². The number of fused-ring (bicyclic) bond motifs is 4. The lowest BCUT2D eigenvalue weighted by Crippen LogP contribution is -2.36. The standard InChI is InChI=1S/C23H23F2N5O/c1-11-7-16(17-9-14(24)8-15-13(5-6-31)10-26-20(15)17)18(25)21-19(11)27-23(3,4)22-29-28-12(2)30(21)22/h7-10,26-27,31H,5-6H2,1-4H3. The van der Waals surface area contributed by atoms with E-state index in [1.54, 1.807) is 23.8 Å². The smallest absolute Gasteiger partial charge is 0.162 e. The van der Waals surface area contributed by atoms with Gasteiger partial charge in [-0.3, -0.25) is 4.57 Å². The largest absolute Gasteiger partial charge is 0.396 e. The first-order valence-corrected chi connectivity index (χ1v) is 10.2. The molecule has 0 radical (unpaired) electrons. The van der Waals surface area contributed by atoms with E-state index in [1.807, 2.05) is 20.8 Å². The molecule has 6 nitrogen and oxygen atoms in total. The van der Waals surface area contributed by atoms with Crippen molar-refractivity contribution in [1.82, 2.24) is 19.7 Å². The highest BCUT2D eigenvalue weighted by Crippen LogP contribution is 2.44. The zero-order chi connectivity index (χ0) is 22.1. The van der Waals surface area contributed by atoms with E-state index in [9.17, 15) is 9.50 Å². The van der Waals surface area contributed by atoms with Gasteiger partial charge >= 0.3 is 0 Å². The van der Waals surface area contributed by atoms with Crippen molar-refractivity contribution in [2.45, 2.75) is 39.7 Å². The number of aromatic nitrogens is 4. The molecule has 2 aromatic heterocycles. The van der Waals surface area contributed by atoms with E-state index in [1.165, 1.54) is 12.1 Å². The van der Waals surface area contributed by atoms with Crippen LogP contribution < -0.4 is 5.32 Å². The first-order chi connectivity index (χ1) is 14.7. The number of H-pyrrole nitrogens is 1. The van der Waals surface area contributed by atoms with Gasteiger partial charge in [-0.15, -0.1) is 10.2 Å². The molecule has 2 aromatic carbocycles. The first kappa shape index (κ1) is 19.7. The summed E-state index contributed by atoms with van der Waals surface area (Å²) >= 11 is 0. The van der Waals surface area contributed by atoms with Crippen molar-refractivity contribution in [2.24, 2.45) is 0 Å². The van der Waals surface area contributed by atoms with E-state index >= 15 is 4.39 Å². The number of aromatic amines is 1. The third kappa shape index (κ3) is 2.78. The number of hydrogen-bond donors (Lipinski definition) is 3. The highest BCUT2D eigenvalue weighted by atomic mass is 19.1. The second-order valence-corrected chi connectivity index (χ2v) is 8.60. The van der Waals surface area contributed by atoms with Crippen LogP contribution in [0.3, 0.4) is 0 Å². The summed E-state index contributed by atoms with van der Waals surface area (Å²) in [6.45, 7) is 7.58. The quantitative estimate of drug-likeness (QED) is 0.453. The van der Waals surface area contributed by atoms with Crippen molar-refractivity contribution in [1.29, 1.82) is 0 Å². The van der Waals surface area contributed by atoms with Crippen LogP contribution in [-0.4, -0.2) is 31.5 Å². The number of aliphatic hydroxyl groups is 1. The van der Waals surface area contributed by atoms with Gasteiger partial charge in [-0.2, -0.15) is 0 Å². The predicted molar refractivity (Wildman–Crippen MR) is 115 cm³/mol. The molecule has 1 aliphatic rings. The van der Waals surface area contributed by atoms with E-state index in [2.05, 4.69) is 20.5 Å². The van der Waals surface area contributed by atoms with Crippen molar-refractivity contribution >= 4 is 16.6 Å². The fraction of sp³-hybridized carbons (Fsp3) is 0.304. The Morgan fingerprint density at radius 1 is 1.10 bits per heavy atom. The molecule has 0 unspecified atom stereocenters. The van der Waals surface area contributed by atoms with Gasteiger partial charge in [-0.25, -0.2) is 8.78 Å². The number of aryl methyl sites for hydroxylation is 2. The molecule has 0 atom stereocenters. The second-order valence-electron chi connectivity index (χ2n) is 8.60.